The van der Waals surface area contributed by atoms with Gasteiger partial charge < -0.3 is 34.1 Å². The number of aldehydes is 1. The zero-order chi connectivity index (χ0) is 32.2. The number of amides is 4. The normalized spacial score (nSPS) is 16.0. The molecule has 44 heavy (non-hydrogen) atoms. The highest BCUT2D eigenvalue weighted by Gasteiger charge is 2.37. The zero-order valence-electron chi connectivity index (χ0n) is 25.6. The van der Waals surface area contributed by atoms with Crippen molar-refractivity contribution in [3.05, 3.63) is 36.4 Å². The average Bonchev–Trinajstić information content (AvgIpc) is 3.50. The maximum Gasteiger partial charge on any atom is 0.246 e. The predicted molar refractivity (Wildman–Crippen MR) is 165 cm³/mol. The van der Waals surface area contributed by atoms with Crippen LogP contribution in [0.25, 0.3) is 0 Å². The Bertz CT molecular complexity index is 1070. The summed E-state index contributed by atoms with van der Waals surface area (Å²) in [6.07, 6.45) is 5.21. The lowest BCUT2D eigenvalue weighted by Gasteiger charge is -2.31. The zero-order valence-corrected chi connectivity index (χ0v) is 26.4. The number of benzene rings is 1. The van der Waals surface area contributed by atoms with E-state index < -0.39 is 5.92 Å². The Morgan fingerprint density at radius 3 is 2.34 bits per heavy atom. The van der Waals surface area contributed by atoms with Crippen molar-refractivity contribution in [3.8, 4) is 0 Å². The standard InChI is InChI=1S/C30H44N4O9S/c1-23(29(40-3)26-6-4-13-34(26)22-36)30(39)32-44-25-10-8-24(9-11-25)31-27(37)12-16-41-18-20-43-21-19-42-17-14-33(2)28(38)7-5-15-35/h5,7-11,15,22-23,26,29H,4,6,12-14,16-21H2,1-3H3,(H,31,37)(H,32,39)/b7-5-. The summed E-state index contributed by atoms with van der Waals surface area (Å²) in [4.78, 5) is 62.1. The highest BCUT2D eigenvalue weighted by molar-refractivity contribution is 7.98. The molecule has 14 heteroatoms. The Kier molecular flexibility index (Phi) is 17.9. The highest BCUT2D eigenvalue weighted by Crippen LogP contribution is 2.26. The number of carbonyl (C=O) groups is 5. The van der Waals surface area contributed by atoms with Gasteiger partial charge >= 0.3 is 0 Å². The minimum atomic E-state index is -0.444. The van der Waals surface area contributed by atoms with Crippen molar-refractivity contribution in [2.24, 2.45) is 5.92 Å². The molecular formula is C30H44N4O9S. The molecule has 1 aliphatic heterocycles. The van der Waals surface area contributed by atoms with Crippen LogP contribution in [0, 0.1) is 5.92 Å². The second-order valence-electron chi connectivity index (χ2n) is 10.0. The van der Waals surface area contributed by atoms with E-state index in [1.807, 2.05) is 0 Å². The molecule has 0 aliphatic carbocycles. The molecule has 0 bridgehead atoms. The molecule has 2 rings (SSSR count). The Morgan fingerprint density at radius 1 is 1.05 bits per heavy atom. The van der Waals surface area contributed by atoms with Gasteiger partial charge in [0, 0.05) is 43.9 Å². The molecule has 3 atom stereocenters. The lowest BCUT2D eigenvalue weighted by molar-refractivity contribution is -0.132. The number of nitrogens with zero attached hydrogens (tertiary/aromatic N) is 2. The van der Waals surface area contributed by atoms with Crippen LogP contribution in [-0.2, 0) is 42.9 Å². The van der Waals surface area contributed by atoms with Gasteiger partial charge in [-0.1, -0.05) is 6.92 Å². The molecule has 0 spiro atoms. The van der Waals surface area contributed by atoms with Gasteiger partial charge in [-0.3, -0.25) is 28.7 Å². The van der Waals surface area contributed by atoms with Crippen molar-refractivity contribution in [1.82, 2.24) is 14.5 Å². The van der Waals surface area contributed by atoms with Crippen LogP contribution in [0.1, 0.15) is 26.2 Å². The third-order valence-electron chi connectivity index (χ3n) is 6.92. The van der Waals surface area contributed by atoms with E-state index in [0.29, 0.717) is 58.1 Å². The van der Waals surface area contributed by atoms with Crippen LogP contribution in [0.5, 0.6) is 0 Å². The molecule has 1 aromatic rings. The minimum Gasteiger partial charge on any atom is -0.379 e. The van der Waals surface area contributed by atoms with Gasteiger partial charge in [0.05, 0.1) is 64.1 Å². The number of nitrogens with one attached hydrogen (secondary N) is 2. The van der Waals surface area contributed by atoms with Crippen molar-refractivity contribution in [2.45, 2.75) is 43.2 Å². The maximum atomic E-state index is 12.8. The molecule has 0 radical (unpaired) electrons. The van der Waals surface area contributed by atoms with Gasteiger partial charge in [-0.15, -0.1) is 0 Å². The van der Waals surface area contributed by atoms with Gasteiger partial charge in [0.15, 0.2) is 0 Å². The first-order valence-corrected chi connectivity index (χ1v) is 15.3. The number of hydrogen-bond donors (Lipinski definition) is 2. The number of ether oxygens (including phenoxy) is 4. The topological polar surface area (TPSA) is 153 Å². The SMILES string of the molecule is COC(C(C)C(=O)NSc1ccc(NC(=O)CCOCCOCCOCCN(C)C(=O)/C=C\C=O)cc1)C1CCCN1C=O. The molecule has 1 aliphatic rings. The molecule has 2 N–H and O–H groups in total. The fraction of sp³-hybridized carbons (Fsp3) is 0.567. The first kappa shape index (κ1) is 36.9. The fourth-order valence-electron chi connectivity index (χ4n) is 4.44. The van der Waals surface area contributed by atoms with E-state index in [2.05, 4.69) is 10.0 Å². The van der Waals surface area contributed by atoms with Crippen LogP contribution >= 0.6 is 11.9 Å². The molecule has 1 saturated heterocycles. The third kappa shape index (κ3) is 13.6. The van der Waals surface area contributed by atoms with E-state index in [-0.39, 0.29) is 42.9 Å². The number of carbonyl (C=O) groups excluding carboxylic acids is 5. The van der Waals surface area contributed by atoms with Gasteiger partial charge in [0.2, 0.25) is 24.1 Å². The van der Waals surface area contributed by atoms with E-state index in [1.165, 1.54) is 22.9 Å². The van der Waals surface area contributed by atoms with Crippen LogP contribution in [0.4, 0.5) is 5.69 Å². The molecule has 0 aromatic heterocycles. The first-order chi connectivity index (χ1) is 21.3. The van der Waals surface area contributed by atoms with Crippen LogP contribution in [0.2, 0.25) is 0 Å². The van der Waals surface area contributed by atoms with Crippen LogP contribution in [0.15, 0.2) is 41.3 Å². The largest absolute Gasteiger partial charge is 0.379 e. The molecule has 244 valence electrons. The van der Waals surface area contributed by atoms with Crippen molar-refractivity contribution in [1.29, 1.82) is 0 Å². The minimum absolute atomic E-state index is 0.112. The van der Waals surface area contributed by atoms with E-state index >= 15 is 0 Å². The van der Waals surface area contributed by atoms with Crippen molar-refractivity contribution < 1.29 is 42.9 Å². The van der Waals surface area contributed by atoms with Gasteiger partial charge in [0.25, 0.3) is 0 Å². The molecular weight excluding hydrogens is 592 g/mol. The summed E-state index contributed by atoms with van der Waals surface area (Å²) in [5.74, 6) is -1.08. The number of hydrogen-bond acceptors (Lipinski definition) is 10. The van der Waals surface area contributed by atoms with E-state index in [4.69, 9.17) is 18.9 Å². The highest BCUT2D eigenvalue weighted by atomic mass is 32.2. The number of likely N-dealkylation sites (tertiary alicyclic amines) is 1. The van der Waals surface area contributed by atoms with Crippen molar-refractivity contribution in [2.75, 3.05) is 72.2 Å². The average molecular weight is 637 g/mol. The number of methoxy groups -OCH3 is 1. The third-order valence-corrected chi connectivity index (χ3v) is 7.74. The maximum absolute atomic E-state index is 12.8. The summed E-state index contributed by atoms with van der Waals surface area (Å²) in [5, 5.41) is 2.81. The second kappa shape index (κ2) is 21.4. The molecule has 1 fully saturated rings. The van der Waals surface area contributed by atoms with Gasteiger partial charge in [-0.25, -0.2) is 0 Å². The Morgan fingerprint density at radius 2 is 1.70 bits per heavy atom. The van der Waals surface area contributed by atoms with Crippen LogP contribution in [-0.4, -0.2) is 119 Å². The molecule has 13 nitrogen and oxygen atoms in total. The lowest BCUT2D eigenvalue weighted by atomic mass is 9.95. The predicted octanol–water partition coefficient (Wildman–Crippen LogP) is 1.67. The summed E-state index contributed by atoms with van der Waals surface area (Å²) in [7, 11) is 3.18. The van der Waals surface area contributed by atoms with E-state index in [1.54, 1.807) is 50.2 Å². The summed E-state index contributed by atoms with van der Waals surface area (Å²) >= 11 is 1.18. The Labute approximate surface area is 263 Å². The molecule has 0 saturated carbocycles. The van der Waals surface area contributed by atoms with E-state index in [9.17, 15) is 24.0 Å². The molecule has 1 aromatic carbocycles. The lowest BCUT2D eigenvalue weighted by Crippen LogP contribution is -2.46. The van der Waals surface area contributed by atoms with Gasteiger partial charge in [-0.05, 0) is 55.1 Å². The van der Waals surface area contributed by atoms with Crippen LogP contribution < -0.4 is 10.0 Å². The second-order valence-corrected chi connectivity index (χ2v) is 10.9. The summed E-state index contributed by atoms with van der Waals surface area (Å²) in [6, 6.07) is 7.00. The fourth-order valence-corrected chi connectivity index (χ4v) is 5.12. The number of allylic oxidation sites excluding steroid dienone is 1. The smallest absolute Gasteiger partial charge is 0.246 e. The molecule has 1 heterocycles. The van der Waals surface area contributed by atoms with Crippen molar-refractivity contribution >= 4 is 48.1 Å². The molecule has 4 amide bonds. The van der Waals surface area contributed by atoms with E-state index in [0.717, 1.165) is 30.2 Å². The molecule has 3 unspecified atom stereocenters. The van der Waals surface area contributed by atoms with Crippen LogP contribution in [0.3, 0.4) is 0 Å². The Hall–Kier alpha value is -3.30. The number of rotatable bonds is 22. The number of likely N-dealkylation sites (N-methyl/N-ethyl adjacent to an activating group) is 1. The quantitative estimate of drug-likeness (QED) is 0.0832. The first-order valence-electron chi connectivity index (χ1n) is 14.5. The summed E-state index contributed by atoms with van der Waals surface area (Å²) in [6.45, 7) is 4.90. The summed E-state index contributed by atoms with van der Waals surface area (Å²) < 4.78 is 24.7. The van der Waals surface area contributed by atoms with Gasteiger partial charge in [0.1, 0.15) is 6.29 Å². The summed E-state index contributed by atoms with van der Waals surface area (Å²) in [5.41, 5.74) is 0.630. The monoisotopic (exact) mass is 636 g/mol. The van der Waals surface area contributed by atoms with Crippen molar-refractivity contribution in [3.63, 3.8) is 0 Å². The Balaban J connectivity index is 1.53. The van der Waals surface area contributed by atoms with Gasteiger partial charge in [-0.2, -0.15) is 0 Å². The number of anilines is 1.